The van der Waals surface area contributed by atoms with Gasteiger partial charge in [0.2, 0.25) is 0 Å². The molecule has 0 unspecified atom stereocenters. The zero-order chi connectivity index (χ0) is 7.94. The monoisotopic (exact) mass is 152 g/mol. The quantitative estimate of drug-likeness (QED) is 0.542. The first-order valence-corrected chi connectivity index (χ1v) is 3.49. The van der Waals surface area contributed by atoms with Crippen molar-refractivity contribution in [3.05, 3.63) is 0 Å². The van der Waals surface area contributed by atoms with Crippen molar-refractivity contribution in [1.29, 1.82) is 0 Å². The Morgan fingerprint density at radius 3 is 1.90 bits per heavy atom. The van der Waals surface area contributed by atoms with E-state index in [2.05, 4.69) is 0 Å². The van der Waals surface area contributed by atoms with Gasteiger partial charge in [0.15, 0.2) is 0 Å². The van der Waals surface area contributed by atoms with Crippen LogP contribution in [0.25, 0.3) is 0 Å². The van der Waals surface area contributed by atoms with Crippen LogP contribution in [0, 0.1) is 17.8 Å². The van der Waals surface area contributed by atoms with E-state index in [4.69, 9.17) is 0 Å². The van der Waals surface area contributed by atoms with E-state index in [1.54, 1.807) is 0 Å². The summed E-state index contributed by atoms with van der Waals surface area (Å²) in [6.07, 6.45) is -3.59. The van der Waals surface area contributed by atoms with Crippen LogP contribution in [-0.4, -0.2) is 6.18 Å². The van der Waals surface area contributed by atoms with Crippen molar-refractivity contribution in [2.45, 2.75) is 26.4 Å². The number of alkyl halides is 3. The van der Waals surface area contributed by atoms with Gasteiger partial charge in [0.05, 0.1) is 5.92 Å². The van der Waals surface area contributed by atoms with Crippen LogP contribution < -0.4 is 0 Å². The second-order valence-electron chi connectivity index (χ2n) is 3.29. The average Bonchev–Trinajstić information content (AvgIpc) is 2.35. The lowest BCUT2D eigenvalue weighted by molar-refractivity contribution is -0.152. The highest BCUT2D eigenvalue weighted by Crippen LogP contribution is 2.53. The summed E-state index contributed by atoms with van der Waals surface area (Å²) in [5.74, 6) is -0.904. The van der Waals surface area contributed by atoms with Crippen molar-refractivity contribution in [2.75, 3.05) is 0 Å². The van der Waals surface area contributed by atoms with Crippen LogP contribution in [0.15, 0.2) is 0 Å². The van der Waals surface area contributed by atoms with Crippen molar-refractivity contribution in [3.63, 3.8) is 0 Å². The Hall–Kier alpha value is -0.210. The second kappa shape index (κ2) is 2.14. The van der Waals surface area contributed by atoms with Gasteiger partial charge in [-0.15, -0.1) is 0 Å². The van der Waals surface area contributed by atoms with Crippen LogP contribution in [-0.2, 0) is 0 Å². The van der Waals surface area contributed by atoms with Gasteiger partial charge < -0.3 is 0 Å². The molecule has 0 saturated heterocycles. The molecule has 0 aromatic rings. The molecule has 0 nitrogen and oxygen atoms in total. The van der Waals surface area contributed by atoms with Crippen molar-refractivity contribution < 1.29 is 13.2 Å². The van der Waals surface area contributed by atoms with E-state index in [0.29, 0.717) is 6.42 Å². The second-order valence-corrected chi connectivity index (χ2v) is 3.29. The summed E-state index contributed by atoms with van der Waals surface area (Å²) in [5.41, 5.74) is 0. The molecule has 0 aliphatic heterocycles. The number of rotatable bonds is 1. The molecule has 0 heterocycles. The molecule has 0 bridgehead atoms. The number of hydrogen-bond acceptors (Lipinski definition) is 0. The smallest absolute Gasteiger partial charge is 0.171 e. The van der Waals surface area contributed by atoms with Crippen molar-refractivity contribution in [1.82, 2.24) is 0 Å². The third-order valence-corrected chi connectivity index (χ3v) is 2.12. The topological polar surface area (TPSA) is 0 Å². The van der Waals surface area contributed by atoms with Crippen LogP contribution in [0.2, 0.25) is 0 Å². The summed E-state index contributed by atoms with van der Waals surface area (Å²) in [7, 11) is 0. The Bertz CT molecular complexity index is 125. The van der Waals surface area contributed by atoms with Crippen molar-refractivity contribution in [2.24, 2.45) is 17.8 Å². The SMILES string of the molecule is CC(C)[C@@H]1C[C@@H]1C(F)(F)F. The highest BCUT2D eigenvalue weighted by Gasteiger charge is 2.56. The first-order valence-electron chi connectivity index (χ1n) is 3.49. The number of halogens is 3. The fourth-order valence-electron chi connectivity index (χ4n) is 1.33. The van der Waals surface area contributed by atoms with Gasteiger partial charge >= 0.3 is 6.18 Å². The van der Waals surface area contributed by atoms with Gasteiger partial charge in [-0.25, -0.2) is 0 Å². The Labute approximate surface area is 58.4 Å². The molecular weight excluding hydrogens is 141 g/mol. The molecule has 0 amide bonds. The zero-order valence-corrected chi connectivity index (χ0v) is 6.07. The van der Waals surface area contributed by atoms with E-state index in [0.717, 1.165) is 0 Å². The maximum atomic E-state index is 11.9. The van der Waals surface area contributed by atoms with Crippen LogP contribution in [0.5, 0.6) is 0 Å². The molecule has 0 aromatic heterocycles. The van der Waals surface area contributed by atoms with E-state index < -0.39 is 12.1 Å². The van der Waals surface area contributed by atoms with E-state index in [1.165, 1.54) is 0 Å². The summed E-state index contributed by atoms with van der Waals surface area (Å²) in [5, 5.41) is 0. The van der Waals surface area contributed by atoms with Crippen molar-refractivity contribution in [3.8, 4) is 0 Å². The van der Waals surface area contributed by atoms with E-state index in [-0.39, 0.29) is 11.8 Å². The molecule has 3 heteroatoms. The maximum absolute atomic E-state index is 11.9. The molecule has 2 atom stereocenters. The highest BCUT2D eigenvalue weighted by atomic mass is 19.4. The lowest BCUT2D eigenvalue weighted by atomic mass is 10.1. The zero-order valence-electron chi connectivity index (χ0n) is 6.07. The minimum absolute atomic E-state index is 0.0972. The Morgan fingerprint density at radius 1 is 1.30 bits per heavy atom. The molecule has 0 aromatic carbocycles. The lowest BCUT2D eigenvalue weighted by Gasteiger charge is -2.06. The standard InChI is InChI=1S/C7H11F3/c1-4(2)5-3-6(5)7(8,9)10/h4-6H,3H2,1-2H3/t5-,6-/m0/s1. The number of hydrogen-bond donors (Lipinski definition) is 0. The summed E-state index contributed by atoms with van der Waals surface area (Å²) >= 11 is 0. The largest absolute Gasteiger partial charge is 0.392 e. The highest BCUT2D eigenvalue weighted by molar-refractivity contribution is 4.92. The molecule has 10 heavy (non-hydrogen) atoms. The van der Waals surface area contributed by atoms with Crippen LogP contribution >= 0.6 is 0 Å². The van der Waals surface area contributed by atoms with Crippen LogP contribution in [0.3, 0.4) is 0 Å². The summed E-state index contributed by atoms with van der Waals surface area (Å²) in [6.45, 7) is 3.69. The minimum Gasteiger partial charge on any atom is -0.171 e. The van der Waals surface area contributed by atoms with Gasteiger partial charge in [0.1, 0.15) is 0 Å². The average molecular weight is 152 g/mol. The van der Waals surface area contributed by atoms with Crippen molar-refractivity contribution >= 4 is 0 Å². The summed E-state index contributed by atoms with van der Waals surface area (Å²) < 4.78 is 35.6. The molecule has 0 spiro atoms. The normalized spacial score (nSPS) is 33.0. The molecular formula is C7H11F3. The van der Waals surface area contributed by atoms with E-state index in [9.17, 15) is 13.2 Å². The Kier molecular flexibility index (Phi) is 1.69. The molecule has 1 rings (SSSR count). The fourth-order valence-corrected chi connectivity index (χ4v) is 1.33. The first kappa shape index (κ1) is 7.89. The predicted molar refractivity (Wildman–Crippen MR) is 32.5 cm³/mol. The van der Waals surface area contributed by atoms with Crippen LogP contribution in [0.4, 0.5) is 13.2 Å². The minimum atomic E-state index is -3.94. The first-order chi connectivity index (χ1) is 4.43. The third-order valence-electron chi connectivity index (χ3n) is 2.12. The van der Waals surface area contributed by atoms with E-state index >= 15 is 0 Å². The van der Waals surface area contributed by atoms with Gasteiger partial charge in [-0.3, -0.25) is 0 Å². The third kappa shape index (κ3) is 1.44. The van der Waals surface area contributed by atoms with Gasteiger partial charge in [-0.1, -0.05) is 13.8 Å². The maximum Gasteiger partial charge on any atom is 0.392 e. The molecule has 60 valence electrons. The van der Waals surface area contributed by atoms with Gasteiger partial charge in [-0.05, 0) is 18.3 Å². The molecule has 1 aliphatic rings. The molecule has 1 aliphatic carbocycles. The van der Waals surface area contributed by atoms with Crippen LogP contribution in [0.1, 0.15) is 20.3 Å². The Morgan fingerprint density at radius 2 is 1.80 bits per heavy atom. The summed E-state index contributed by atoms with van der Waals surface area (Å²) in [6, 6.07) is 0. The van der Waals surface area contributed by atoms with Gasteiger partial charge in [0, 0.05) is 0 Å². The molecule has 0 radical (unpaired) electrons. The molecule has 1 fully saturated rings. The Balaban J connectivity index is 2.39. The lowest BCUT2D eigenvalue weighted by Crippen LogP contribution is -2.13. The fraction of sp³-hybridized carbons (Fsp3) is 1.00. The predicted octanol–water partition coefficient (Wildman–Crippen LogP) is 2.84. The molecule has 1 saturated carbocycles. The summed E-state index contributed by atoms with van der Waals surface area (Å²) in [4.78, 5) is 0. The van der Waals surface area contributed by atoms with Gasteiger partial charge in [0.25, 0.3) is 0 Å². The van der Waals surface area contributed by atoms with Gasteiger partial charge in [-0.2, -0.15) is 13.2 Å². The van der Waals surface area contributed by atoms with E-state index in [1.807, 2.05) is 13.8 Å². The molecule has 0 N–H and O–H groups in total.